The van der Waals surface area contributed by atoms with Gasteiger partial charge in [0.2, 0.25) is 0 Å². The molecule has 100 valence electrons. The van der Waals surface area contributed by atoms with Gasteiger partial charge in [-0.25, -0.2) is 4.99 Å². The van der Waals surface area contributed by atoms with Crippen molar-refractivity contribution in [3.8, 4) is 0 Å². The smallest absolute Gasteiger partial charge is 0.0713 e. The minimum atomic E-state index is 0.0840. The molecule has 3 fully saturated rings. The highest BCUT2D eigenvalue weighted by Gasteiger charge is 2.66. The van der Waals surface area contributed by atoms with Crippen LogP contribution in [0.3, 0.4) is 0 Å². The number of rotatable bonds is 1. The third-order valence-electron chi connectivity index (χ3n) is 6.67. The van der Waals surface area contributed by atoms with Crippen LogP contribution in [0, 0.1) is 35.0 Å². The van der Waals surface area contributed by atoms with Gasteiger partial charge in [0, 0.05) is 0 Å². The van der Waals surface area contributed by atoms with Crippen LogP contribution in [0.25, 0.3) is 0 Å². The van der Waals surface area contributed by atoms with E-state index in [1.807, 2.05) is 0 Å². The van der Waals surface area contributed by atoms with Gasteiger partial charge in [-0.2, -0.15) is 0 Å². The number of aliphatic imine (C=N–C) groups is 1. The first-order valence-electron chi connectivity index (χ1n) is 7.51. The fraction of sp³-hybridized carbons (Fsp3) is 0.938. The molecule has 0 N–H and O–H groups in total. The lowest BCUT2D eigenvalue weighted by atomic mass is 9.73. The molecule has 3 aliphatic carbocycles. The number of thiocarbonyl (C=S) groups is 1. The highest BCUT2D eigenvalue weighted by atomic mass is 32.1. The maximum Gasteiger partial charge on any atom is 0.0713 e. The topological polar surface area (TPSA) is 12.4 Å². The molecule has 0 aromatic carbocycles. The summed E-state index contributed by atoms with van der Waals surface area (Å²) in [5.74, 6) is 4.39. The van der Waals surface area contributed by atoms with Crippen molar-refractivity contribution in [3.63, 3.8) is 0 Å². The largest absolute Gasteiger partial charge is 0.226 e. The van der Waals surface area contributed by atoms with E-state index in [9.17, 15) is 0 Å². The van der Waals surface area contributed by atoms with Crippen molar-refractivity contribution in [2.75, 3.05) is 0 Å². The SMILES string of the molecule is C[C@H]1CCC2C1[C@@H]1[C@H](CC[C@@]2(C)N=C=S)C1(C)C. The fourth-order valence-electron chi connectivity index (χ4n) is 5.53. The number of nitrogens with zero attached hydrogens (tertiary/aromatic N) is 1. The first-order chi connectivity index (χ1) is 8.42. The number of isothiocyanates is 1. The number of hydrogen-bond donors (Lipinski definition) is 0. The summed E-state index contributed by atoms with van der Waals surface area (Å²) in [6.45, 7) is 9.76. The van der Waals surface area contributed by atoms with Gasteiger partial charge in [-0.15, -0.1) is 0 Å². The van der Waals surface area contributed by atoms with Gasteiger partial charge in [0.25, 0.3) is 0 Å². The summed E-state index contributed by atoms with van der Waals surface area (Å²) in [5.41, 5.74) is 0.672. The molecule has 0 saturated heterocycles. The molecule has 0 amide bonds. The van der Waals surface area contributed by atoms with Crippen molar-refractivity contribution >= 4 is 17.4 Å². The van der Waals surface area contributed by atoms with Crippen LogP contribution in [0.2, 0.25) is 0 Å². The van der Waals surface area contributed by atoms with E-state index in [1.54, 1.807) is 0 Å². The maximum absolute atomic E-state index is 4.91. The van der Waals surface area contributed by atoms with Crippen molar-refractivity contribution in [1.29, 1.82) is 0 Å². The molecule has 0 radical (unpaired) electrons. The van der Waals surface area contributed by atoms with Crippen molar-refractivity contribution in [2.24, 2.45) is 40.0 Å². The lowest BCUT2D eigenvalue weighted by molar-refractivity contribution is 0.176. The molecular weight excluding hydrogens is 238 g/mol. The zero-order valence-electron chi connectivity index (χ0n) is 12.1. The predicted molar refractivity (Wildman–Crippen MR) is 78.8 cm³/mol. The Morgan fingerprint density at radius 1 is 1.11 bits per heavy atom. The zero-order chi connectivity index (χ0) is 13.1. The minimum absolute atomic E-state index is 0.0840. The van der Waals surface area contributed by atoms with Crippen molar-refractivity contribution in [3.05, 3.63) is 0 Å². The van der Waals surface area contributed by atoms with Crippen LogP contribution in [-0.4, -0.2) is 10.7 Å². The van der Waals surface area contributed by atoms with Crippen LogP contribution in [0.4, 0.5) is 0 Å². The zero-order valence-corrected chi connectivity index (χ0v) is 12.9. The quantitative estimate of drug-likeness (QED) is 0.498. The van der Waals surface area contributed by atoms with E-state index in [2.05, 4.69) is 37.8 Å². The van der Waals surface area contributed by atoms with Gasteiger partial charge in [0.05, 0.1) is 10.7 Å². The van der Waals surface area contributed by atoms with Gasteiger partial charge < -0.3 is 0 Å². The molecule has 3 rings (SSSR count). The molecule has 6 atom stereocenters. The van der Waals surface area contributed by atoms with Crippen LogP contribution in [0.5, 0.6) is 0 Å². The van der Waals surface area contributed by atoms with Crippen molar-refractivity contribution in [2.45, 2.75) is 58.9 Å². The summed E-state index contributed by atoms with van der Waals surface area (Å²) >= 11 is 4.91. The van der Waals surface area contributed by atoms with E-state index in [1.165, 1.54) is 25.7 Å². The van der Waals surface area contributed by atoms with Crippen LogP contribution in [0.1, 0.15) is 53.4 Å². The molecule has 0 heterocycles. The van der Waals surface area contributed by atoms with Crippen molar-refractivity contribution < 1.29 is 0 Å². The van der Waals surface area contributed by atoms with Gasteiger partial charge in [-0.3, -0.25) is 0 Å². The first kappa shape index (κ1) is 12.8. The fourth-order valence-corrected chi connectivity index (χ4v) is 5.74. The van der Waals surface area contributed by atoms with Gasteiger partial charge >= 0.3 is 0 Å². The molecule has 18 heavy (non-hydrogen) atoms. The Labute approximate surface area is 116 Å². The summed E-state index contributed by atoms with van der Waals surface area (Å²) < 4.78 is 0. The maximum atomic E-state index is 4.91. The third kappa shape index (κ3) is 1.58. The molecule has 0 aliphatic heterocycles. The predicted octanol–water partition coefficient (Wildman–Crippen LogP) is 4.58. The van der Waals surface area contributed by atoms with Gasteiger partial charge in [0.1, 0.15) is 0 Å². The average Bonchev–Trinajstić information content (AvgIpc) is 2.65. The van der Waals surface area contributed by atoms with Gasteiger partial charge in [0.15, 0.2) is 0 Å². The van der Waals surface area contributed by atoms with E-state index in [-0.39, 0.29) is 5.54 Å². The van der Waals surface area contributed by atoms with Crippen molar-refractivity contribution in [1.82, 2.24) is 0 Å². The monoisotopic (exact) mass is 263 g/mol. The Balaban J connectivity index is 1.97. The highest BCUT2D eigenvalue weighted by molar-refractivity contribution is 7.78. The number of hydrogen-bond acceptors (Lipinski definition) is 2. The molecule has 3 saturated carbocycles. The average molecular weight is 263 g/mol. The second-order valence-corrected chi connectivity index (χ2v) is 7.97. The normalized spacial score (nSPS) is 52.8. The van der Waals surface area contributed by atoms with Gasteiger partial charge in [-0.05, 0) is 73.4 Å². The summed E-state index contributed by atoms with van der Waals surface area (Å²) in [4.78, 5) is 4.62. The highest BCUT2D eigenvalue weighted by Crippen LogP contribution is 2.71. The van der Waals surface area contributed by atoms with E-state index in [4.69, 9.17) is 12.2 Å². The molecular formula is C16H25NS. The van der Waals surface area contributed by atoms with Crippen LogP contribution >= 0.6 is 12.2 Å². The van der Waals surface area contributed by atoms with Crippen LogP contribution < -0.4 is 0 Å². The van der Waals surface area contributed by atoms with E-state index in [0.717, 1.165) is 29.6 Å². The first-order valence-corrected chi connectivity index (χ1v) is 7.91. The lowest BCUT2D eigenvalue weighted by Gasteiger charge is -2.35. The standard InChI is InChI=1S/C16H25NS/c1-10-5-6-11-13(10)14-12(15(14,2)3)7-8-16(11,4)17-9-18/h10-14H,5-8H2,1-4H3/t10-,11?,12-,13?,14-,16+/m0/s1. The Morgan fingerprint density at radius 2 is 1.83 bits per heavy atom. The van der Waals surface area contributed by atoms with Crippen LogP contribution in [0.15, 0.2) is 4.99 Å². The molecule has 0 spiro atoms. The lowest BCUT2D eigenvalue weighted by Crippen LogP contribution is -2.36. The molecule has 2 unspecified atom stereocenters. The molecule has 0 bridgehead atoms. The van der Waals surface area contributed by atoms with E-state index in [0.29, 0.717) is 5.41 Å². The number of fused-ring (bicyclic) bond motifs is 3. The second kappa shape index (κ2) is 3.90. The molecule has 3 aliphatic rings. The van der Waals surface area contributed by atoms with Gasteiger partial charge in [-0.1, -0.05) is 27.2 Å². The Bertz CT molecular complexity index is 409. The molecule has 2 heteroatoms. The van der Waals surface area contributed by atoms with Crippen LogP contribution in [-0.2, 0) is 0 Å². The summed E-state index contributed by atoms with van der Waals surface area (Å²) in [6, 6.07) is 0. The molecule has 1 nitrogen and oxygen atoms in total. The Morgan fingerprint density at radius 3 is 2.50 bits per heavy atom. The minimum Gasteiger partial charge on any atom is -0.226 e. The summed E-state index contributed by atoms with van der Waals surface area (Å²) in [5, 5.41) is 2.69. The Kier molecular flexibility index (Phi) is 2.78. The Hall–Kier alpha value is -0.200. The van der Waals surface area contributed by atoms with E-state index >= 15 is 0 Å². The second-order valence-electron chi connectivity index (χ2n) is 7.79. The summed E-state index contributed by atoms with van der Waals surface area (Å²) in [6.07, 6.45) is 5.29. The summed E-state index contributed by atoms with van der Waals surface area (Å²) in [7, 11) is 0. The van der Waals surface area contributed by atoms with E-state index < -0.39 is 0 Å². The third-order valence-corrected chi connectivity index (χ3v) is 6.76. The molecule has 0 aromatic rings. The molecule has 0 aromatic heterocycles.